The van der Waals surface area contributed by atoms with Crippen molar-refractivity contribution in [2.24, 2.45) is 5.41 Å². The molecule has 1 atom stereocenters. The van der Waals surface area contributed by atoms with E-state index in [-0.39, 0.29) is 22.7 Å². The highest BCUT2D eigenvalue weighted by atomic mass is 19.1. The number of urea groups is 1. The van der Waals surface area contributed by atoms with Gasteiger partial charge in [0.05, 0.1) is 6.61 Å². The first-order chi connectivity index (χ1) is 11.1. The molecule has 1 aliphatic carbocycles. The van der Waals surface area contributed by atoms with Crippen LogP contribution in [-0.2, 0) is 10.2 Å². The summed E-state index contributed by atoms with van der Waals surface area (Å²) < 4.78 is 18.6. The second-order valence-electron chi connectivity index (χ2n) is 7.42. The number of halogens is 1. The molecule has 1 aromatic rings. The summed E-state index contributed by atoms with van der Waals surface area (Å²) >= 11 is 0. The third-order valence-corrected chi connectivity index (χ3v) is 5.80. The molecule has 4 rings (SSSR count). The third kappa shape index (κ3) is 2.82. The van der Waals surface area contributed by atoms with Gasteiger partial charge in [0, 0.05) is 37.1 Å². The number of hydrogen-bond acceptors (Lipinski definition) is 2. The molecule has 3 fully saturated rings. The monoisotopic (exact) mass is 318 g/mol. The van der Waals surface area contributed by atoms with Crippen molar-refractivity contribution < 1.29 is 13.9 Å². The van der Waals surface area contributed by atoms with Gasteiger partial charge in [0.25, 0.3) is 0 Å². The van der Waals surface area contributed by atoms with Gasteiger partial charge in [-0.15, -0.1) is 0 Å². The van der Waals surface area contributed by atoms with Gasteiger partial charge in [-0.1, -0.05) is 12.1 Å². The molecular weight excluding hydrogens is 295 g/mol. The lowest BCUT2D eigenvalue weighted by Crippen LogP contribution is -2.42. The lowest BCUT2D eigenvalue weighted by Gasteiger charge is -2.24. The summed E-state index contributed by atoms with van der Waals surface area (Å²) in [5.74, 6) is -0.213. The van der Waals surface area contributed by atoms with Crippen LogP contribution in [0.5, 0.6) is 0 Å². The number of carbonyl (C=O) groups excluding carboxylic acids is 1. The lowest BCUT2D eigenvalue weighted by atomic mass is 9.87. The second-order valence-corrected chi connectivity index (χ2v) is 7.42. The molecule has 23 heavy (non-hydrogen) atoms. The van der Waals surface area contributed by atoms with E-state index in [1.54, 1.807) is 0 Å². The summed E-state index contributed by atoms with van der Waals surface area (Å²) in [5.41, 5.74) is 1.34. The first kappa shape index (κ1) is 14.9. The minimum absolute atomic E-state index is 0.0112. The zero-order valence-corrected chi connectivity index (χ0v) is 13.3. The molecule has 2 aliphatic heterocycles. The number of likely N-dealkylation sites (tertiary alicyclic amines) is 1. The first-order valence-electron chi connectivity index (χ1n) is 8.48. The fourth-order valence-electron chi connectivity index (χ4n) is 3.96. The molecule has 124 valence electrons. The molecule has 1 spiro atoms. The standard InChI is InChI=1S/C18H23FN2O2/c19-15-3-1-14(2-4-15)18(5-6-18)11-20-16(22)21-9-7-17(12-21)8-10-23-13-17/h1-4H,5-13H2,(H,20,22)/t17-/m1/s1. The van der Waals surface area contributed by atoms with Crippen molar-refractivity contribution >= 4 is 6.03 Å². The Kier molecular flexibility index (Phi) is 3.56. The highest BCUT2D eigenvalue weighted by Gasteiger charge is 2.46. The number of benzene rings is 1. The van der Waals surface area contributed by atoms with E-state index >= 15 is 0 Å². The second kappa shape index (κ2) is 5.48. The molecule has 5 heteroatoms. The summed E-state index contributed by atoms with van der Waals surface area (Å²) in [5, 5.41) is 3.10. The first-order valence-corrected chi connectivity index (χ1v) is 8.48. The van der Waals surface area contributed by atoms with Crippen molar-refractivity contribution in [3.8, 4) is 0 Å². The Morgan fingerprint density at radius 1 is 1.22 bits per heavy atom. The van der Waals surface area contributed by atoms with Crippen LogP contribution in [0.2, 0.25) is 0 Å². The molecule has 1 N–H and O–H groups in total. The van der Waals surface area contributed by atoms with Gasteiger partial charge in [-0.2, -0.15) is 0 Å². The quantitative estimate of drug-likeness (QED) is 0.931. The predicted octanol–water partition coefficient (Wildman–Crippen LogP) is 2.68. The van der Waals surface area contributed by atoms with Crippen LogP contribution in [0, 0.1) is 11.2 Å². The highest BCUT2D eigenvalue weighted by molar-refractivity contribution is 5.74. The van der Waals surface area contributed by atoms with Gasteiger partial charge < -0.3 is 15.0 Å². The van der Waals surface area contributed by atoms with Crippen LogP contribution < -0.4 is 5.32 Å². The van der Waals surface area contributed by atoms with E-state index in [4.69, 9.17) is 4.74 Å². The molecule has 4 nitrogen and oxygen atoms in total. The predicted molar refractivity (Wildman–Crippen MR) is 84.8 cm³/mol. The normalized spacial score (nSPS) is 28.3. The fraction of sp³-hybridized carbons (Fsp3) is 0.611. The molecule has 2 heterocycles. The van der Waals surface area contributed by atoms with E-state index in [9.17, 15) is 9.18 Å². The van der Waals surface area contributed by atoms with Crippen LogP contribution in [0.15, 0.2) is 24.3 Å². The summed E-state index contributed by atoms with van der Waals surface area (Å²) in [6.07, 6.45) is 4.22. The molecule has 3 aliphatic rings. The zero-order valence-electron chi connectivity index (χ0n) is 13.3. The van der Waals surface area contributed by atoms with Crippen LogP contribution in [0.3, 0.4) is 0 Å². The summed E-state index contributed by atoms with van der Waals surface area (Å²) in [4.78, 5) is 14.4. The third-order valence-electron chi connectivity index (χ3n) is 5.80. The molecular formula is C18H23FN2O2. The SMILES string of the molecule is O=C(NCC1(c2ccc(F)cc2)CC1)N1CC[C@@]2(CCOC2)C1. The number of hydrogen-bond donors (Lipinski definition) is 1. The van der Waals surface area contributed by atoms with Crippen molar-refractivity contribution in [1.82, 2.24) is 10.2 Å². The average molecular weight is 318 g/mol. The van der Waals surface area contributed by atoms with Gasteiger partial charge >= 0.3 is 6.03 Å². The van der Waals surface area contributed by atoms with Gasteiger partial charge in [-0.05, 0) is 43.4 Å². The lowest BCUT2D eigenvalue weighted by molar-refractivity contribution is 0.152. The van der Waals surface area contributed by atoms with Gasteiger partial charge in [0.15, 0.2) is 0 Å². The van der Waals surface area contributed by atoms with Crippen LogP contribution >= 0.6 is 0 Å². The Labute approximate surface area is 136 Å². The summed E-state index contributed by atoms with van der Waals surface area (Å²) in [6, 6.07) is 6.72. The molecule has 1 aromatic carbocycles. The van der Waals surface area contributed by atoms with E-state index in [0.717, 1.165) is 57.6 Å². The zero-order chi connectivity index (χ0) is 15.9. The van der Waals surface area contributed by atoms with E-state index in [1.165, 1.54) is 12.1 Å². The van der Waals surface area contributed by atoms with Crippen molar-refractivity contribution in [3.05, 3.63) is 35.6 Å². The van der Waals surface area contributed by atoms with E-state index in [0.29, 0.717) is 6.54 Å². The maximum Gasteiger partial charge on any atom is 0.317 e. The van der Waals surface area contributed by atoms with Gasteiger partial charge in [0.2, 0.25) is 0 Å². The minimum atomic E-state index is -0.213. The van der Waals surface area contributed by atoms with Gasteiger partial charge in [-0.25, -0.2) is 9.18 Å². The van der Waals surface area contributed by atoms with Crippen LogP contribution in [-0.4, -0.2) is 43.8 Å². The number of carbonyl (C=O) groups is 1. The van der Waals surface area contributed by atoms with Crippen molar-refractivity contribution in [2.75, 3.05) is 32.8 Å². The Morgan fingerprint density at radius 2 is 2.00 bits per heavy atom. The maximum atomic E-state index is 13.1. The Hall–Kier alpha value is -1.62. The maximum absolute atomic E-state index is 13.1. The van der Waals surface area contributed by atoms with Crippen molar-refractivity contribution in [3.63, 3.8) is 0 Å². The number of nitrogens with zero attached hydrogens (tertiary/aromatic N) is 1. The molecule has 2 saturated heterocycles. The molecule has 0 unspecified atom stereocenters. The summed E-state index contributed by atoms with van der Waals surface area (Å²) in [6.45, 7) is 3.87. The molecule has 2 amide bonds. The Balaban J connectivity index is 1.34. The number of ether oxygens (including phenoxy) is 1. The minimum Gasteiger partial charge on any atom is -0.381 e. The average Bonchev–Trinajstić information content (AvgIpc) is 3.03. The van der Waals surface area contributed by atoms with Gasteiger partial charge in [-0.3, -0.25) is 0 Å². The Morgan fingerprint density at radius 3 is 2.65 bits per heavy atom. The van der Waals surface area contributed by atoms with Crippen LogP contribution in [0.25, 0.3) is 0 Å². The Bertz CT molecular complexity index is 592. The number of amides is 2. The van der Waals surface area contributed by atoms with E-state index in [1.807, 2.05) is 17.0 Å². The van der Waals surface area contributed by atoms with Crippen LogP contribution in [0.4, 0.5) is 9.18 Å². The molecule has 0 bridgehead atoms. The number of nitrogens with one attached hydrogen (secondary N) is 1. The van der Waals surface area contributed by atoms with E-state index in [2.05, 4.69) is 5.32 Å². The number of rotatable bonds is 3. The van der Waals surface area contributed by atoms with E-state index < -0.39 is 0 Å². The van der Waals surface area contributed by atoms with Crippen LogP contribution in [0.1, 0.15) is 31.2 Å². The summed E-state index contributed by atoms with van der Waals surface area (Å²) in [7, 11) is 0. The largest absolute Gasteiger partial charge is 0.381 e. The fourth-order valence-corrected chi connectivity index (χ4v) is 3.96. The smallest absolute Gasteiger partial charge is 0.317 e. The van der Waals surface area contributed by atoms with Crippen molar-refractivity contribution in [1.29, 1.82) is 0 Å². The molecule has 1 saturated carbocycles. The highest BCUT2D eigenvalue weighted by Crippen LogP contribution is 2.47. The van der Waals surface area contributed by atoms with Crippen molar-refractivity contribution in [2.45, 2.75) is 31.1 Å². The molecule has 0 aromatic heterocycles. The molecule has 0 radical (unpaired) electrons. The van der Waals surface area contributed by atoms with Gasteiger partial charge in [0.1, 0.15) is 5.82 Å². The topological polar surface area (TPSA) is 41.6 Å².